The summed E-state index contributed by atoms with van der Waals surface area (Å²) >= 11 is 1.63. The summed E-state index contributed by atoms with van der Waals surface area (Å²) < 4.78 is 12.2. The molecule has 1 aliphatic heterocycles. The topological polar surface area (TPSA) is 12.0 Å². The predicted octanol–water partition coefficient (Wildman–Crippen LogP) is 2.83. The number of nitrogens with one attached hydrogen (secondary N) is 1. The molecule has 0 amide bonds. The standard InChI is InChI=1S/C12H16FNS/c13-6-8-15-12-4-2-1-3-11(12)10-5-7-14-9-10/h1-4,10,14H,5-9H2. The van der Waals surface area contributed by atoms with Crippen molar-refractivity contribution < 1.29 is 4.39 Å². The summed E-state index contributed by atoms with van der Waals surface area (Å²) in [5.74, 6) is 1.19. The highest BCUT2D eigenvalue weighted by Gasteiger charge is 2.18. The number of benzene rings is 1. The average molecular weight is 225 g/mol. The molecule has 0 spiro atoms. The normalized spacial score (nSPS) is 20.7. The van der Waals surface area contributed by atoms with Gasteiger partial charge in [0.05, 0.1) is 6.67 Å². The van der Waals surface area contributed by atoms with Crippen molar-refractivity contribution in [2.45, 2.75) is 17.2 Å². The first-order valence-corrected chi connectivity index (χ1v) is 6.39. The smallest absolute Gasteiger partial charge is 0.0988 e. The number of rotatable bonds is 4. The summed E-state index contributed by atoms with van der Waals surface area (Å²) in [4.78, 5) is 1.25. The molecule has 1 aliphatic rings. The molecule has 2 rings (SSSR count). The van der Waals surface area contributed by atoms with E-state index in [2.05, 4.69) is 23.5 Å². The van der Waals surface area contributed by atoms with Gasteiger partial charge in [0, 0.05) is 17.2 Å². The van der Waals surface area contributed by atoms with Crippen LogP contribution in [0.1, 0.15) is 17.9 Å². The van der Waals surface area contributed by atoms with Crippen LogP contribution in [-0.2, 0) is 0 Å². The van der Waals surface area contributed by atoms with E-state index >= 15 is 0 Å². The second kappa shape index (κ2) is 5.52. The third-order valence-electron chi connectivity index (χ3n) is 2.75. The molecule has 0 aliphatic carbocycles. The quantitative estimate of drug-likeness (QED) is 0.791. The fraction of sp³-hybridized carbons (Fsp3) is 0.500. The Balaban J connectivity index is 2.13. The zero-order chi connectivity index (χ0) is 10.5. The minimum absolute atomic E-state index is 0.248. The molecule has 1 fully saturated rings. The van der Waals surface area contributed by atoms with E-state index in [-0.39, 0.29) is 6.67 Å². The van der Waals surface area contributed by atoms with Gasteiger partial charge in [-0.25, -0.2) is 0 Å². The van der Waals surface area contributed by atoms with Gasteiger partial charge in [-0.1, -0.05) is 18.2 Å². The van der Waals surface area contributed by atoms with E-state index in [1.165, 1.54) is 16.9 Å². The Morgan fingerprint density at radius 3 is 3.00 bits per heavy atom. The molecular formula is C12H16FNS. The van der Waals surface area contributed by atoms with Gasteiger partial charge < -0.3 is 5.32 Å². The van der Waals surface area contributed by atoms with E-state index in [1.807, 2.05) is 6.07 Å². The van der Waals surface area contributed by atoms with E-state index in [0.29, 0.717) is 11.7 Å². The van der Waals surface area contributed by atoms with Crippen molar-refractivity contribution in [3.05, 3.63) is 29.8 Å². The van der Waals surface area contributed by atoms with E-state index in [4.69, 9.17) is 0 Å². The molecule has 3 heteroatoms. The molecule has 1 N–H and O–H groups in total. The Morgan fingerprint density at radius 2 is 2.27 bits per heavy atom. The first-order chi connectivity index (χ1) is 7.42. The molecule has 1 nitrogen and oxygen atoms in total. The van der Waals surface area contributed by atoms with Gasteiger partial charge in [0.1, 0.15) is 0 Å². The average Bonchev–Trinajstić information content (AvgIpc) is 2.80. The Hall–Kier alpha value is -0.540. The van der Waals surface area contributed by atoms with Crippen LogP contribution < -0.4 is 5.32 Å². The van der Waals surface area contributed by atoms with Crippen molar-refractivity contribution in [2.24, 2.45) is 0 Å². The van der Waals surface area contributed by atoms with Crippen molar-refractivity contribution in [2.75, 3.05) is 25.5 Å². The van der Waals surface area contributed by atoms with Crippen LogP contribution >= 0.6 is 11.8 Å². The highest BCUT2D eigenvalue weighted by molar-refractivity contribution is 7.99. The Labute approximate surface area is 94.5 Å². The number of hydrogen-bond donors (Lipinski definition) is 1. The van der Waals surface area contributed by atoms with Crippen LogP contribution in [0.5, 0.6) is 0 Å². The Kier molecular flexibility index (Phi) is 4.03. The van der Waals surface area contributed by atoms with Gasteiger partial charge in [-0.05, 0) is 30.5 Å². The monoisotopic (exact) mass is 225 g/mol. The lowest BCUT2D eigenvalue weighted by atomic mass is 9.99. The lowest BCUT2D eigenvalue weighted by Crippen LogP contribution is -2.08. The largest absolute Gasteiger partial charge is 0.316 e. The number of halogens is 1. The highest BCUT2D eigenvalue weighted by atomic mass is 32.2. The highest BCUT2D eigenvalue weighted by Crippen LogP contribution is 2.31. The van der Waals surface area contributed by atoms with Crippen LogP contribution in [0.25, 0.3) is 0 Å². The zero-order valence-corrected chi connectivity index (χ0v) is 9.52. The fourth-order valence-electron chi connectivity index (χ4n) is 2.02. The molecule has 1 saturated heterocycles. The van der Waals surface area contributed by atoms with Crippen LogP contribution in [0.4, 0.5) is 4.39 Å². The number of alkyl halides is 1. The van der Waals surface area contributed by atoms with Gasteiger partial charge >= 0.3 is 0 Å². The van der Waals surface area contributed by atoms with Crippen molar-refractivity contribution >= 4 is 11.8 Å². The molecule has 1 aromatic carbocycles. The SMILES string of the molecule is FCCSc1ccccc1C1CCNC1. The minimum Gasteiger partial charge on any atom is -0.316 e. The second-order valence-corrected chi connectivity index (χ2v) is 4.90. The number of hydrogen-bond acceptors (Lipinski definition) is 2. The summed E-state index contributed by atoms with van der Waals surface area (Å²) in [7, 11) is 0. The van der Waals surface area contributed by atoms with Crippen LogP contribution in [0.2, 0.25) is 0 Å². The lowest BCUT2D eigenvalue weighted by Gasteiger charge is -2.13. The summed E-state index contributed by atoms with van der Waals surface area (Å²) in [6, 6.07) is 8.39. The third kappa shape index (κ3) is 2.73. The molecule has 82 valence electrons. The summed E-state index contributed by atoms with van der Waals surface area (Å²) in [5, 5.41) is 3.37. The van der Waals surface area contributed by atoms with Crippen LogP contribution in [-0.4, -0.2) is 25.5 Å². The van der Waals surface area contributed by atoms with Gasteiger partial charge in [0.15, 0.2) is 0 Å². The van der Waals surface area contributed by atoms with Crippen molar-refractivity contribution in [1.29, 1.82) is 0 Å². The summed E-state index contributed by atoms with van der Waals surface area (Å²) in [5.41, 5.74) is 1.39. The first kappa shape index (κ1) is 11.0. The molecule has 0 aromatic heterocycles. The maximum atomic E-state index is 12.2. The molecule has 15 heavy (non-hydrogen) atoms. The van der Waals surface area contributed by atoms with Crippen LogP contribution in [0.3, 0.4) is 0 Å². The molecule has 1 unspecified atom stereocenters. The molecular weight excluding hydrogens is 209 g/mol. The van der Waals surface area contributed by atoms with E-state index in [1.54, 1.807) is 11.8 Å². The van der Waals surface area contributed by atoms with E-state index < -0.39 is 0 Å². The molecule has 1 heterocycles. The van der Waals surface area contributed by atoms with Crippen molar-refractivity contribution in [3.63, 3.8) is 0 Å². The molecule has 1 atom stereocenters. The fourth-order valence-corrected chi connectivity index (χ4v) is 2.89. The second-order valence-electron chi connectivity index (χ2n) is 3.76. The molecule has 1 aromatic rings. The molecule has 0 radical (unpaired) electrons. The Morgan fingerprint density at radius 1 is 1.40 bits per heavy atom. The molecule has 0 saturated carbocycles. The van der Waals surface area contributed by atoms with Crippen molar-refractivity contribution in [1.82, 2.24) is 5.32 Å². The van der Waals surface area contributed by atoms with Crippen LogP contribution in [0.15, 0.2) is 29.2 Å². The van der Waals surface area contributed by atoms with Gasteiger partial charge in [0.2, 0.25) is 0 Å². The number of thioether (sulfide) groups is 1. The summed E-state index contributed by atoms with van der Waals surface area (Å²) in [6.07, 6.45) is 1.20. The Bertz CT molecular complexity index is 310. The first-order valence-electron chi connectivity index (χ1n) is 5.40. The van der Waals surface area contributed by atoms with Gasteiger partial charge in [-0.15, -0.1) is 11.8 Å². The van der Waals surface area contributed by atoms with E-state index in [0.717, 1.165) is 13.1 Å². The lowest BCUT2D eigenvalue weighted by molar-refractivity contribution is 0.532. The third-order valence-corrected chi connectivity index (χ3v) is 3.80. The van der Waals surface area contributed by atoms with Gasteiger partial charge in [-0.3, -0.25) is 4.39 Å². The van der Waals surface area contributed by atoms with Crippen LogP contribution in [0, 0.1) is 0 Å². The van der Waals surface area contributed by atoms with Gasteiger partial charge in [0.25, 0.3) is 0 Å². The maximum absolute atomic E-state index is 12.2. The van der Waals surface area contributed by atoms with Gasteiger partial charge in [-0.2, -0.15) is 0 Å². The van der Waals surface area contributed by atoms with Crippen molar-refractivity contribution in [3.8, 4) is 0 Å². The van der Waals surface area contributed by atoms with E-state index in [9.17, 15) is 4.39 Å². The zero-order valence-electron chi connectivity index (χ0n) is 8.71. The molecule has 0 bridgehead atoms. The maximum Gasteiger partial charge on any atom is 0.0988 e. The minimum atomic E-state index is -0.248. The predicted molar refractivity (Wildman–Crippen MR) is 63.4 cm³/mol. The summed E-state index contributed by atoms with van der Waals surface area (Å²) in [6.45, 7) is 1.92.